The third kappa shape index (κ3) is 7.67. The van der Waals surface area contributed by atoms with Gasteiger partial charge in [0.2, 0.25) is 5.91 Å². The number of aryl methyl sites for hydroxylation is 1. The summed E-state index contributed by atoms with van der Waals surface area (Å²) in [6.45, 7) is 3.24. The van der Waals surface area contributed by atoms with Crippen LogP contribution in [0.5, 0.6) is 0 Å². The second-order valence-electron chi connectivity index (χ2n) is 9.45. The molecule has 1 aromatic heterocycles. The van der Waals surface area contributed by atoms with Crippen LogP contribution in [0.3, 0.4) is 0 Å². The number of aromatic nitrogens is 1. The molecule has 0 saturated carbocycles. The summed E-state index contributed by atoms with van der Waals surface area (Å²) in [5.41, 5.74) is 4.74. The van der Waals surface area contributed by atoms with Crippen LogP contribution in [-0.4, -0.2) is 60.1 Å². The number of nitrogens with one attached hydrogen (secondary N) is 2. The van der Waals surface area contributed by atoms with Crippen LogP contribution >= 0.6 is 0 Å². The molecule has 0 bridgehead atoms. The summed E-state index contributed by atoms with van der Waals surface area (Å²) >= 11 is 0. The molecule has 0 atom stereocenters. The van der Waals surface area contributed by atoms with Crippen molar-refractivity contribution in [3.63, 3.8) is 0 Å². The van der Waals surface area contributed by atoms with Gasteiger partial charge in [0.05, 0.1) is 6.61 Å². The first-order chi connectivity index (χ1) is 19.0. The Morgan fingerprint density at radius 3 is 2.51 bits per heavy atom. The third-order valence-corrected chi connectivity index (χ3v) is 6.73. The molecule has 8 heteroatoms. The van der Waals surface area contributed by atoms with Crippen molar-refractivity contribution in [2.45, 2.75) is 26.3 Å². The lowest BCUT2D eigenvalue weighted by Gasteiger charge is -2.28. The molecule has 0 saturated heterocycles. The Hall–Kier alpha value is -4.17. The van der Waals surface area contributed by atoms with Gasteiger partial charge in [-0.2, -0.15) is 0 Å². The van der Waals surface area contributed by atoms with Crippen molar-refractivity contribution in [2.24, 2.45) is 0 Å². The van der Waals surface area contributed by atoms with Gasteiger partial charge in [-0.1, -0.05) is 49.4 Å². The Morgan fingerprint density at radius 2 is 1.74 bits per heavy atom. The normalized spacial score (nSPS) is 10.9. The van der Waals surface area contributed by atoms with Crippen LogP contribution in [0.2, 0.25) is 0 Å². The number of benzene rings is 3. The second-order valence-corrected chi connectivity index (χ2v) is 9.45. The molecule has 0 aliphatic rings. The molecule has 3 aromatic carbocycles. The lowest BCUT2D eigenvalue weighted by molar-refractivity contribution is -0.132. The van der Waals surface area contributed by atoms with Gasteiger partial charge in [0.1, 0.15) is 12.4 Å². The average Bonchev–Trinajstić information content (AvgIpc) is 3.37. The van der Waals surface area contributed by atoms with Crippen LogP contribution in [0.4, 0.5) is 14.9 Å². The molecule has 4 aromatic rings. The summed E-state index contributed by atoms with van der Waals surface area (Å²) in [5, 5.41) is 4.03. The van der Waals surface area contributed by atoms with Gasteiger partial charge in [0.25, 0.3) is 0 Å². The van der Waals surface area contributed by atoms with Crippen molar-refractivity contribution in [1.82, 2.24) is 14.8 Å². The number of nitrogens with zero attached hydrogens (tertiary/aromatic N) is 2. The molecule has 204 valence electrons. The maximum atomic E-state index is 13.7. The van der Waals surface area contributed by atoms with Gasteiger partial charge in [0.15, 0.2) is 0 Å². The standard InChI is InChI=1S/C31H35FN4O3/c1-3-23-7-6-8-27(19-23)34-31(38)36(17-18-39-2)22-30(37)35(21-24-11-13-26(32)14-12-24)16-15-25-20-33-29-10-5-4-9-28(25)29/h4-14,19-20,33H,3,15-18,21-22H2,1-2H3,(H,34,38). The van der Waals surface area contributed by atoms with Gasteiger partial charge >= 0.3 is 6.03 Å². The number of amides is 3. The van der Waals surface area contributed by atoms with Crippen LogP contribution in [-0.2, 0) is 28.9 Å². The molecule has 0 fully saturated rings. The van der Waals surface area contributed by atoms with E-state index in [1.165, 1.54) is 17.0 Å². The number of hydrogen-bond donors (Lipinski definition) is 2. The molecular formula is C31H35FN4O3. The number of hydrogen-bond acceptors (Lipinski definition) is 3. The quantitative estimate of drug-likeness (QED) is 0.250. The highest BCUT2D eigenvalue weighted by Gasteiger charge is 2.22. The van der Waals surface area contributed by atoms with Crippen molar-refractivity contribution in [3.8, 4) is 0 Å². The molecule has 0 spiro atoms. The number of aromatic amines is 1. The summed E-state index contributed by atoms with van der Waals surface area (Å²) in [5.74, 6) is -0.530. The Labute approximate surface area is 228 Å². The number of para-hydroxylation sites is 1. The van der Waals surface area contributed by atoms with Gasteiger partial charge in [-0.3, -0.25) is 4.79 Å². The summed E-state index contributed by atoms with van der Waals surface area (Å²) in [7, 11) is 1.56. The lowest BCUT2D eigenvalue weighted by Crippen LogP contribution is -2.46. The molecule has 2 N–H and O–H groups in total. The average molecular weight is 531 g/mol. The minimum Gasteiger partial charge on any atom is -0.383 e. The van der Waals surface area contributed by atoms with Crippen LogP contribution in [0, 0.1) is 5.82 Å². The third-order valence-electron chi connectivity index (χ3n) is 6.73. The number of halogens is 1. The molecule has 0 aliphatic carbocycles. The van der Waals surface area contributed by atoms with Crippen LogP contribution < -0.4 is 5.32 Å². The van der Waals surface area contributed by atoms with Crippen molar-refractivity contribution < 1.29 is 18.7 Å². The molecular weight excluding hydrogens is 495 g/mol. The zero-order chi connectivity index (χ0) is 27.6. The van der Waals surface area contributed by atoms with Crippen LogP contribution in [0.25, 0.3) is 10.9 Å². The zero-order valence-electron chi connectivity index (χ0n) is 22.5. The van der Waals surface area contributed by atoms with E-state index in [-0.39, 0.29) is 30.8 Å². The molecule has 0 radical (unpaired) electrons. The van der Waals surface area contributed by atoms with E-state index >= 15 is 0 Å². The Morgan fingerprint density at radius 1 is 0.949 bits per heavy atom. The summed E-state index contributed by atoms with van der Waals surface area (Å²) in [6.07, 6.45) is 3.45. The molecule has 0 unspecified atom stereocenters. The first-order valence-electron chi connectivity index (χ1n) is 13.2. The fourth-order valence-corrected chi connectivity index (χ4v) is 4.48. The van der Waals surface area contributed by atoms with Crippen LogP contribution in [0.15, 0.2) is 79.0 Å². The van der Waals surface area contributed by atoms with Crippen LogP contribution in [0.1, 0.15) is 23.6 Å². The summed E-state index contributed by atoms with van der Waals surface area (Å²) in [6, 6.07) is 21.5. The zero-order valence-corrected chi connectivity index (χ0v) is 22.5. The van der Waals surface area contributed by atoms with Gasteiger partial charge in [-0.15, -0.1) is 0 Å². The lowest BCUT2D eigenvalue weighted by atomic mass is 10.1. The topological polar surface area (TPSA) is 77.7 Å². The van der Waals surface area contributed by atoms with Gasteiger partial charge < -0.3 is 24.8 Å². The second kappa shape index (κ2) is 13.6. The van der Waals surface area contributed by atoms with E-state index in [2.05, 4.69) is 23.3 Å². The van der Waals surface area contributed by atoms with Crippen molar-refractivity contribution >= 4 is 28.5 Å². The number of carbonyl (C=O) groups is 2. The van der Waals surface area contributed by atoms with E-state index in [9.17, 15) is 14.0 Å². The minimum absolute atomic E-state index is 0.113. The minimum atomic E-state index is -0.369. The van der Waals surface area contributed by atoms with E-state index in [1.807, 2.05) is 48.7 Å². The van der Waals surface area contributed by atoms with E-state index in [0.717, 1.165) is 34.0 Å². The molecule has 0 aliphatic heterocycles. The predicted octanol–water partition coefficient (Wildman–Crippen LogP) is 5.62. The highest BCUT2D eigenvalue weighted by atomic mass is 19.1. The number of H-pyrrole nitrogens is 1. The number of anilines is 1. The first-order valence-corrected chi connectivity index (χ1v) is 13.2. The predicted molar refractivity (Wildman–Crippen MR) is 152 cm³/mol. The largest absolute Gasteiger partial charge is 0.383 e. The molecule has 39 heavy (non-hydrogen) atoms. The molecule has 1 heterocycles. The molecule has 3 amide bonds. The SMILES string of the molecule is CCc1cccc(NC(=O)N(CCOC)CC(=O)N(CCc2c[nH]c3ccccc23)Cc2ccc(F)cc2)c1. The van der Waals surface area contributed by atoms with E-state index in [4.69, 9.17) is 4.74 Å². The summed E-state index contributed by atoms with van der Waals surface area (Å²) < 4.78 is 18.7. The van der Waals surface area contributed by atoms with Gasteiger partial charge in [0, 0.05) is 49.5 Å². The van der Waals surface area contributed by atoms with Gasteiger partial charge in [-0.25, -0.2) is 9.18 Å². The van der Waals surface area contributed by atoms with E-state index in [1.54, 1.807) is 24.1 Å². The van der Waals surface area contributed by atoms with E-state index < -0.39 is 0 Å². The number of urea groups is 1. The van der Waals surface area contributed by atoms with Crippen molar-refractivity contribution in [1.29, 1.82) is 0 Å². The van der Waals surface area contributed by atoms with E-state index in [0.29, 0.717) is 31.8 Å². The number of ether oxygens (including phenoxy) is 1. The Kier molecular flexibility index (Phi) is 9.69. The monoisotopic (exact) mass is 530 g/mol. The Bertz CT molecular complexity index is 1390. The molecule has 4 rings (SSSR count). The highest BCUT2D eigenvalue weighted by molar-refractivity contribution is 5.92. The number of rotatable bonds is 12. The van der Waals surface area contributed by atoms with Gasteiger partial charge in [-0.05, 0) is 59.9 Å². The maximum absolute atomic E-state index is 13.7. The molecule has 7 nitrogen and oxygen atoms in total. The first kappa shape index (κ1) is 27.9. The number of fused-ring (bicyclic) bond motifs is 1. The van der Waals surface area contributed by atoms with Crippen molar-refractivity contribution in [3.05, 3.63) is 102 Å². The smallest absolute Gasteiger partial charge is 0.322 e. The fraction of sp³-hybridized carbons (Fsp3) is 0.290. The fourth-order valence-electron chi connectivity index (χ4n) is 4.48. The highest BCUT2D eigenvalue weighted by Crippen LogP contribution is 2.19. The Balaban J connectivity index is 1.50. The number of methoxy groups -OCH3 is 1. The number of carbonyl (C=O) groups excluding carboxylic acids is 2. The summed E-state index contributed by atoms with van der Waals surface area (Å²) in [4.78, 5) is 33.3. The maximum Gasteiger partial charge on any atom is 0.322 e. The van der Waals surface area contributed by atoms with Crippen molar-refractivity contribution in [2.75, 3.05) is 38.7 Å².